The summed E-state index contributed by atoms with van der Waals surface area (Å²) in [6.45, 7) is 5.99. The molecular weight excluding hydrogens is 540 g/mol. The monoisotopic (exact) mass is 576 g/mol. The standard InChI is InChI=1S/C32H36N4O4.ClH/c1-19-26(21(3)40-35-19)17-22-10-13-25-24(16-22)12-15-30(39-5)27(25)18-36-29-9-7-6-8-23(29)11-14-28(32(36)38)34-31(37)20(2)33-4;/h6-10,12-13,15-16,20,28,33H,11,14,17-18H2,1-5H3,(H,34,37);1H. The van der Waals surface area contributed by atoms with Crippen molar-refractivity contribution in [3.05, 3.63) is 88.3 Å². The number of aryl methyl sites for hydroxylation is 3. The predicted octanol–water partition coefficient (Wildman–Crippen LogP) is 5.04. The van der Waals surface area contributed by atoms with Crippen molar-refractivity contribution in [1.29, 1.82) is 0 Å². The number of aromatic nitrogens is 1. The van der Waals surface area contributed by atoms with Crippen LogP contribution in [0.5, 0.6) is 5.75 Å². The molecule has 0 spiro atoms. The quantitative estimate of drug-likeness (QED) is 0.305. The van der Waals surface area contributed by atoms with Crippen LogP contribution in [-0.2, 0) is 29.0 Å². The van der Waals surface area contributed by atoms with Crippen molar-refractivity contribution in [2.75, 3.05) is 19.1 Å². The second kappa shape index (κ2) is 12.7. The molecule has 0 radical (unpaired) electrons. The number of hydrogen-bond acceptors (Lipinski definition) is 6. The zero-order valence-corrected chi connectivity index (χ0v) is 24.9. The average Bonchev–Trinajstić information content (AvgIpc) is 3.22. The maximum absolute atomic E-state index is 14.0. The molecule has 2 heterocycles. The van der Waals surface area contributed by atoms with Gasteiger partial charge in [-0.25, -0.2) is 0 Å². The van der Waals surface area contributed by atoms with Crippen molar-refractivity contribution in [2.24, 2.45) is 0 Å². The van der Waals surface area contributed by atoms with E-state index in [0.29, 0.717) is 25.1 Å². The van der Waals surface area contributed by atoms with Crippen LogP contribution in [0.2, 0.25) is 0 Å². The first kappa shape index (κ1) is 30.1. The van der Waals surface area contributed by atoms with Gasteiger partial charge in [0.1, 0.15) is 17.6 Å². The number of nitrogens with zero attached hydrogens (tertiary/aromatic N) is 2. The molecular formula is C32H37ClN4O4. The van der Waals surface area contributed by atoms with Crippen molar-refractivity contribution in [2.45, 2.75) is 58.7 Å². The number of nitrogens with one attached hydrogen (secondary N) is 2. The van der Waals surface area contributed by atoms with E-state index in [9.17, 15) is 9.59 Å². The van der Waals surface area contributed by atoms with Gasteiger partial charge in [0, 0.05) is 23.2 Å². The maximum atomic E-state index is 14.0. The van der Waals surface area contributed by atoms with E-state index >= 15 is 0 Å². The molecule has 8 nitrogen and oxygen atoms in total. The van der Waals surface area contributed by atoms with E-state index in [1.54, 1.807) is 26.0 Å². The van der Waals surface area contributed by atoms with E-state index < -0.39 is 12.1 Å². The summed E-state index contributed by atoms with van der Waals surface area (Å²) in [7, 11) is 3.38. The van der Waals surface area contributed by atoms with Crippen LogP contribution in [-0.4, -0.2) is 43.2 Å². The fraction of sp³-hybridized carbons (Fsp3) is 0.344. The van der Waals surface area contributed by atoms with Crippen LogP contribution in [0.15, 0.2) is 59.1 Å². The van der Waals surface area contributed by atoms with E-state index in [0.717, 1.165) is 56.6 Å². The first-order chi connectivity index (χ1) is 19.3. The zero-order valence-electron chi connectivity index (χ0n) is 24.1. The Morgan fingerprint density at radius 3 is 2.63 bits per heavy atom. The summed E-state index contributed by atoms with van der Waals surface area (Å²) in [5, 5.41) is 12.1. The Hall–Kier alpha value is -3.88. The van der Waals surface area contributed by atoms with Gasteiger partial charge in [0.25, 0.3) is 0 Å². The molecule has 0 saturated carbocycles. The number of benzene rings is 3. The van der Waals surface area contributed by atoms with Gasteiger partial charge in [0.2, 0.25) is 11.8 Å². The van der Waals surface area contributed by atoms with Crippen LogP contribution in [0.25, 0.3) is 10.8 Å². The van der Waals surface area contributed by atoms with Gasteiger partial charge in [-0.2, -0.15) is 0 Å². The number of rotatable bonds is 8. The van der Waals surface area contributed by atoms with Gasteiger partial charge in [0.15, 0.2) is 0 Å². The lowest BCUT2D eigenvalue weighted by Gasteiger charge is -2.28. The van der Waals surface area contributed by atoms with Gasteiger partial charge in [-0.3, -0.25) is 9.59 Å². The fourth-order valence-electron chi connectivity index (χ4n) is 5.45. The van der Waals surface area contributed by atoms with Crippen molar-refractivity contribution in [3.63, 3.8) is 0 Å². The van der Waals surface area contributed by atoms with E-state index in [1.807, 2.05) is 38.1 Å². The highest BCUT2D eigenvalue weighted by atomic mass is 35.5. The Labute approximate surface area is 246 Å². The SMILES string of the molecule is CNC(C)C(=O)NC1CCc2ccccc2N(Cc2c(OC)ccc3cc(Cc4c(C)noc4C)ccc23)C1=O.Cl. The molecule has 41 heavy (non-hydrogen) atoms. The lowest BCUT2D eigenvalue weighted by atomic mass is 9.97. The maximum Gasteiger partial charge on any atom is 0.249 e. The predicted molar refractivity (Wildman–Crippen MR) is 163 cm³/mol. The van der Waals surface area contributed by atoms with Crippen molar-refractivity contribution < 1.29 is 18.8 Å². The van der Waals surface area contributed by atoms with Crippen molar-refractivity contribution in [3.8, 4) is 5.75 Å². The van der Waals surface area contributed by atoms with E-state index in [-0.39, 0.29) is 24.2 Å². The number of ether oxygens (including phenoxy) is 1. The Morgan fingerprint density at radius 1 is 1.15 bits per heavy atom. The smallest absolute Gasteiger partial charge is 0.249 e. The molecule has 1 aromatic heterocycles. The van der Waals surface area contributed by atoms with Crippen LogP contribution in [0, 0.1) is 13.8 Å². The molecule has 2 atom stereocenters. The summed E-state index contributed by atoms with van der Waals surface area (Å²) < 4.78 is 11.2. The molecule has 2 unspecified atom stereocenters. The number of fused-ring (bicyclic) bond motifs is 2. The Balaban J connectivity index is 0.00000387. The summed E-state index contributed by atoms with van der Waals surface area (Å²) in [6, 6.07) is 17.3. The minimum absolute atomic E-state index is 0. The van der Waals surface area contributed by atoms with Crippen LogP contribution in [0.3, 0.4) is 0 Å². The number of carbonyl (C=O) groups is 2. The van der Waals surface area contributed by atoms with Crippen molar-refractivity contribution in [1.82, 2.24) is 15.8 Å². The van der Waals surface area contributed by atoms with Crippen LogP contribution in [0.4, 0.5) is 5.69 Å². The molecule has 1 aliphatic rings. The van der Waals surface area contributed by atoms with E-state index in [4.69, 9.17) is 9.26 Å². The third-order valence-electron chi connectivity index (χ3n) is 7.94. The summed E-state index contributed by atoms with van der Waals surface area (Å²) in [4.78, 5) is 28.6. The van der Waals surface area contributed by atoms with Gasteiger partial charge in [0.05, 0.1) is 25.4 Å². The zero-order chi connectivity index (χ0) is 28.4. The van der Waals surface area contributed by atoms with Gasteiger partial charge in [-0.1, -0.05) is 47.6 Å². The molecule has 0 fully saturated rings. The normalized spacial score (nSPS) is 15.6. The highest BCUT2D eigenvalue weighted by Crippen LogP contribution is 2.35. The third kappa shape index (κ3) is 6.09. The average molecular weight is 577 g/mol. The number of amides is 2. The number of methoxy groups -OCH3 is 1. The highest BCUT2D eigenvalue weighted by molar-refractivity contribution is 6.01. The number of para-hydroxylation sites is 1. The largest absolute Gasteiger partial charge is 0.496 e. The second-order valence-electron chi connectivity index (χ2n) is 10.4. The van der Waals surface area contributed by atoms with Gasteiger partial charge in [-0.05, 0) is 74.7 Å². The lowest BCUT2D eigenvalue weighted by molar-refractivity contribution is -0.128. The first-order valence-electron chi connectivity index (χ1n) is 13.7. The van der Waals surface area contributed by atoms with Gasteiger partial charge in [-0.15, -0.1) is 12.4 Å². The summed E-state index contributed by atoms with van der Waals surface area (Å²) in [5.74, 6) is 1.22. The number of likely N-dealkylation sites (N-methyl/N-ethyl adjacent to an activating group) is 1. The van der Waals surface area contributed by atoms with Gasteiger partial charge < -0.3 is 24.8 Å². The molecule has 9 heteroatoms. The molecule has 0 aliphatic carbocycles. The van der Waals surface area contributed by atoms with E-state index in [1.165, 1.54) is 0 Å². The fourth-order valence-corrected chi connectivity index (χ4v) is 5.45. The molecule has 4 aromatic rings. The summed E-state index contributed by atoms with van der Waals surface area (Å²) in [6.07, 6.45) is 1.95. The number of carbonyl (C=O) groups excluding carboxylic acids is 2. The van der Waals surface area contributed by atoms with Crippen LogP contribution < -0.4 is 20.3 Å². The molecule has 3 aromatic carbocycles. The molecule has 0 bridgehead atoms. The molecule has 5 rings (SSSR count). The van der Waals surface area contributed by atoms with Crippen molar-refractivity contribution >= 4 is 40.7 Å². The molecule has 216 valence electrons. The van der Waals surface area contributed by atoms with E-state index in [2.05, 4.69) is 46.1 Å². The Bertz CT molecular complexity index is 1550. The molecule has 2 amide bonds. The molecule has 1 aliphatic heterocycles. The molecule has 0 saturated heterocycles. The summed E-state index contributed by atoms with van der Waals surface area (Å²) in [5.41, 5.74) is 6.01. The van der Waals surface area contributed by atoms with Gasteiger partial charge >= 0.3 is 0 Å². The third-order valence-corrected chi connectivity index (χ3v) is 7.94. The topological polar surface area (TPSA) is 96.7 Å². The number of halogens is 1. The summed E-state index contributed by atoms with van der Waals surface area (Å²) >= 11 is 0. The highest BCUT2D eigenvalue weighted by Gasteiger charge is 2.33. The number of hydrogen-bond donors (Lipinski definition) is 2. The van der Waals surface area contributed by atoms with Crippen LogP contribution in [0.1, 0.15) is 47.1 Å². The Kier molecular flexibility index (Phi) is 9.35. The second-order valence-corrected chi connectivity index (χ2v) is 10.4. The minimum Gasteiger partial charge on any atom is -0.496 e. The minimum atomic E-state index is -0.627. The lowest BCUT2D eigenvalue weighted by Crippen LogP contribution is -2.52. The first-order valence-corrected chi connectivity index (χ1v) is 13.7. The molecule has 2 N–H and O–H groups in total. The van der Waals surface area contributed by atoms with Crippen LogP contribution >= 0.6 is 12.4 Å². The number of anilines is 1. The Morgan fingerprint density at radius 2 is 1.93 bits per heavy atom.